The molecule has 1 rings (SSSR count). The van der Waals surface area contributed by atoms with Crippen LogP contribution in [-0.4, -0.2) is 80.6 Å². The maximum atomic E-state index is 12.9. The maximum Gasteiger partial charge on any atom is 0.328 e. The van der Waals surface area contributed by atoms with Crippen molar-refractivity contribution in [3.05, 3.63) is 18.2 Å². The fraction of sp³-hybridized carbons (Fsp3) is 0.579. The van der Waals surface area contributed by atoms with Crippen molar-refractivity contribution in [2.24, 2.45) is 17.4 Å². The average molecular weight is 469 g/mol. The first kappa shape index (κ1) is 27.5. The van der Waals surface area contributed by atoms with Gasteiger partial charge in [-0.1, -0.05) is 13.8 Å². The highest BCUT2D eigenvalue weighted by Crippen LogP contribution is 2.06. The number of carbonyl (C=O) groups is 5. The third-order valence-corrected chi connectivity index (χ3v) is 4.69. The first-order valence-electron chi connectivity index (χ1n) is 10.2. The van der Waals surface area contributed by atoms with Crippen molar-refractivity contribution in [1.82, 2.24) is 25.9 Å². The number of hydrogen-bond acceptors (Lipinski definition) is 8. The first-order chi connectivity index (χ1) is 15.5. The van der Waals surface area contributed by atoms with Crippen molar-refractivity contribution in [3.8, 4) is 0 Å². The van der Waals surface area contributed by atoms with Gasteiger partial charge in [-0.25, -0.2) is 9.78 Å². The number of hydrogen-bond donors (Lipinski definition) is 8. The van der Waals surface area contributed by atoms with Crippen LogP contribution in [-0.2, 0) is 30.4 Å². The highest BCUT2D eigenvalue weighted by atomic mass is 16.4. The number of rotatable bonds is 14. The predicted molar refractivity (Wildman–Crippen MR) is 114 cm³/mol. The summed E-state index contributed by atoms with van der Waals surface area (Å²) in [6.45, 7) is 2.45. The van der Waals surface area contributed by atoms with E-state index in [0.29, 0.717) is 5.69 Å². The summed E-state index contributed by atoms with van der Waals surface area (Å²) in [6.07, 6.45) is 2.61. The number of carboxylic acid groups (broad SMARTS) is 1. The molecule has 4 atom stereocenters. The van der Waals surface area contributed by atoms with Gasteiger partial charge in [0.2, 0.25) is 23.6 Å². The number of carbonyl (C=O) groups excluding carboxylic acids is 4. The van der Waals surface area contributed by atoms with Crippen molar-refractivity contribution in [2.75, 3.05) is 6.61 Å². The van der Waals surface area contributed by atoms with Gasteiger partial charge < -0.3 is 42.6 Å². The van der Waals surface area contributed by atoms with Crippen molar-refractivity contribution < 1.29 is 34.2 Å². The Morgan fingerprint density at radius 1 is 1.06 bits per heavy atom. The van der Waals surface area contributed by atoms with Gasteiger partial charge in [0.25, 0.3) is 0 Å². The first-order valence-corrected chi connectivity index (χ1v) is 10.2. The Morgan fingerprint density at radius 2 is 1.70 bits per heavy atom. The molecule has 4 amide bonds. The molecule has 0 aliphatic carbocycles. The molecule has 0 saturated heterocycles. The van der Waals surface area contributed by atoms with Crippen LogP contribution in [0.4, 0.5) is 0 Å². The summed E-state index contributed by atoms with van der Waals surface area (Å²) in [7, 11) is 0. The van der Waals surface area contributed by atoms with Gasteiger partial charge in [-0.2, -0.15) is 0 Å². The van der Waals surface area contributed by atoms with E-state index in [2.05, 4.69) is 25.9 Å². The van der Waals surface area contributed by atoms with Crippen LogP contribution in [0, 0.1) is 5.92 Å². The minimum atomic E-state index is -1.61. The second-order valence-corrected chi connectivity index (χ2v) is 7.77. The minimum Gasteiger partial charge on any atom is -0.480 e. The zero-order valence-corrected chi connectivity index (χ0v) is 18.4. The highest BCUT2D eigenvalue weighted by molar-refractivity contribution is 5.94. The smallest absolute Gasteiger partial charge is 0.328 e. The molecule has 184 valence electrons. The third-order valence-electron chi connectivity index (χ3n) is 4.69. The lowest BCUT2D eigenvalue weighted by molar-refractivity contribution is -0.143. The number of imidazole rings is 1. The standard InChI is InChI=1S/C19H31N7O7/c1-9(2)15(26-16(29)11(20)5-10-6-22-8-23-10)18(31)24-12(3-4-14(21)28)17(30)25-13(7-27)19(32)33/h6,8-9,11-13,15,27H,3-5,7,20H2,1-2H3,(H2,21,28)(H,22,23)(H,24,31)(H,25,30)(H,26,29)(H,32,33). The number of aliphatic carboxylic acids is 1. The maximum absolute atomic E-state index is 12.9. The molecule has 1 aromatic heterocycles. The number of H-pyrrole nitrogens is 1. The number of nitrogens with two attached hydrogens (primary N) is 2. The molecule has 0 fully saturated rings. The molecule has 0 aliphatic rings. The van der Waals surface area contributed by atoms with E-state index in [1.807, 2.05) is 0 Å². The second kappa shape index (κ2) is 13.1. The van der Waals surface area contributed by atoms with Crippen LogP contribution in [0.2, 0.25) is 0 Å². The number of primary amides is 1. The van der Waals surface area contributed by atoms with Crippen LogP contribution in [0.5, 0.6) is 0 Å². The number of nitrogens with one attached hydrogen (secondary N) is 4. The molecule has 1 aromatic rings. The fourth-order valence-electron chi connectivity index (χ4n) is 2.80. The van der Waals surface area contributed by atoms with Crippen LogP contribution in [0.15, 0.2) is 12.5 Å². The summed E-state index contributed by atoms with van der Waals surface area (Å²) in [4.78, 5) is 66.7. The van der Waals surface area contributed by atoms with E-state index in [9.17, 15) is 24.0 Å². The molecule has 0 spiro atoms. The molecule has 1 heterocycles. The quantitative estimate of drug-likeness (QED) is 0.136. The molecule has 0 aromatic carbocycles. The summed E-state index contributed by atoms with van der Waals surface area (Å²) in [5.74, 6) is -4.91. The Bertz CT molecular complexity index is 828. The van der Waals surface area contributed by atoms with Gasteiger partial charge in [-0.05, 0) is 12.3 Å². The van der Waals surface area contributed by atoms with Gasteiger partial charge in [0.15, 0.2) is 0 Å². The molecule has 0 saturated carbocycles. The number of carboxylic acids is 1. The summed E-state index contributed by atoms with van der Waals surface area (Å²) in [5, 5.41) is 25.1. The SMILES string of the molecule is CC(C)C(NC(=O)C(N)Cc1cnc[nH]1)C(=O)NC(CCC(N)=O)C(=O)NC(CO)C(=O)O. The number of aromatic nitrogens is 2. The van der Waals surface area contributed by atoms with E-state index in [1.165, 1.54) is 12.5 Å². The molecule has 14 heteroatoms. The zero-order chi connectivity index (χ0) is 25.1. The molecule has 0 bridgehead atoms. The molecule has 0 aliphatic heterocycles. The Balaban J connectivity index is 2.89. The second-order valence-electron chi connectivity index (χ2n) is 7.77. The van der Waals surface area contributed by atoms with Gasteiger partial charge in [0, 0.05) is 24.7 Å². The van der Waals surface area contributed by atoms with Crippen molar-refractivity contribution in [3.63, 3.8) is 0 Å². The number of aromatic amines is 1. The zero-order valence-electron chi connectivity index (χ0n) is 18.4. The fourth-order valence-corrected chi connectivity index (χ4v) is 2.80. The Labute approximate surface area is 189 Å². The Morgan fingerprint density at radius 3 is 2.18 bits per heavy atom. The number of nitrogens with zero attached hydrogens (tertiary/aromatic N) is 1. The summed E-state index contributed by atoms with van der Waals surface area (Å²) >= 11 is 0. The normalized spacial score (nSPS) is 14.6. The monoisotopic (exact) mass is 469 g/mol. The number of aliphatic hydroxyl groups excluding tert-OH is 1. The summed E-state index contributed by atoms with van der Waals surface area (Å²) in [6, 6.07) is -5.00. The topological polar surface area (TPSA) is 243 Å². The molecule has 0 radical (unpaired) electrons. The molecular weight excluding hydrogens is 438 g/mol. The van der Waals surface area contributed by atoms with Crippen LogP contribution in [0.1, 0.15) is 32.4 Å². The Kier molecular flexibility index (Phi) is 10.9. The van der Waals surface area contributed by atoms with E-state index >= 15 is 0 Å². The lowest BCUT2D eigenvalue weighted by Crippen LogP contribution is -2.59. The molecular formula is C19H31N7O7. The van der Waals surface area contributed by atoms with E-state index in [0.717, 1.165) is 0 Å². The average Bonchev–Trinajstić information content (AvgIpc) is 3.24. The summed E-state index contributed by atoms with van der Waals surface area (Å²) in [5.41, 5.74) is 11.6. The predicted octanol–water partition coefficient (Wildman–Crippen LogP) is -3.27. The molecule has 33 heavy (non-hydrogen) atoms. The van der Waals surface area contributed by atoms with Gasteiger partial charge in [-0.15, -0.1) is 0 Å². The van der Waals surface area contributed by atoms with Gasteiger partial charge in [-0.3, -0.25) is 19.2 Å². The highest BCUT2D eigenvalue weighted by Gasteiger charge is 2.31. The van der Waals surface area contributed by atoms with Crippen LogP contribution in [0.25, 0.3) is 0 Å². The van der Waals surface area contributed by atoms with Gasteiger partial charge >= 0.3 is 5.97 Å². The largest absolute Gasteiger partial charge is 0.480 e. The van der Waals surface area contributed by atoms with E-state index < -0.39 is 66.3 Å². The van der Waals surface area contributed by atoms with Crippen molar-refractivity contribution >= 4 is 29.6 Å². The van der Waals surface area contributed by atoms with Gasteiger partial charge in [0.1, 0.15) is 18.1 Å². The number of aliphatic hydroxyl groups is 1. The number of amides is 4. The van der Waals surface area contributed by atoms with E-state index in [4.69, 9.17) is 21.7 Å². The summed E-state index contributed by atoms with van der Waals surface area (Å²) < 4.78 is 0. The lowest BCUT2D eigenvalue weighted by Gasteiger charge is -2.26. The lowest BCUT2D eigenvalue weighted by atomic mass is 10.0. The molecule has 14 nitrogen and oxygen atoms in total. The third kappa shape index (κ3) is 9.24. The minimum absolute atomic E-state index is 0.152. The molecule has 4 unspecified atom stereocenters. The Hall–Kier alpha value is -3.52. The van der Waals surface area contributed by atoms with Crippen LogP contribution in [0.3, 0.4) is 0 Å². The van der Waals surface area contributed by atoms with Crippen molar-refractivity contribution in [2.45, 2.75) is 57.3 Å². The van der Waals surface area contributed by atoms with E-state index in [1.54, 1.807) is 13.8 Å². The van der Waals surface area contributed by atoms with Crippen LogP contribution >= 0.6 is 0 Å². The van der Waals surface area contributed by atoms with E-state index in [-0.39, 0.29) is 19.3 Å². The van der Waals surface area contributed by atoms with Crippen molar-refractivity contribution in [1.29, 1.82) is 0 Å². The molecule has 10 N–H and O–H groups in total. The van der Waals surface area contributed by atoms with Crippen LogP contribution < -0.4 is 27.4 Å². The van der Waals surface area contributed by atoms with Gasteiger partial charge in [0.05, 0.1) is 19.0 Å².